The molecule has 1 aromatic heterocycles. The maximum atomic E-state index is 13.3. The average molecular weight is 187 g/mol. The normalized spacial score (nSPS) is 10.0. The van der Waals surface area contributed by atoms with Gasteiger partial charge in [0, 0.05) is 11.1 Å². The van der Waals surface area contributed by atoms with E-state index in [-0.39, 0.29) is 11.2 Å². The van der Waals surface area contributed by atoms with Gasteiger partial charge in [0.05, 0.1) is 0 Å². The Morgan fingerprint density at radius 2 is 2.21 bits per heavy atom. The Morgan fingerprint density at radius 3 is 2.93 bits per heavy atom. The van der Waals surface area contributed by atoms with Crippen LogP contribution in [0.25, 0.3) is 10.9 Å². The molecule has 2 rings (SSSR count). The third-order valence-corrected chi connectivity index (χ3v) is 1.94. The lowest BCUT2D eigenvalue weighted by Crippen LogP contribution is -1.94. The van der Waals surface area contributed by atoms with Gasteiger partial charge >= 0.3 is 0 Å². The molecule has 4 heteroatoms. The molecular formula is C10H6FN3. The second-order valence-electron chi connectivity index (χ2n) is 2.84. The topological polar surface area (TPSA) is 62.7 Å². The minimum Gasteiger partial charge on any atom is -0.398 e. The number of pyridine rings is 1. The van der Waals surface area contributed by atoms with Gasteiger partial charge in [-0.3, -0.25) is 0 Å². The van der Waals surface area contributed by atoms with Crippen molar-refractivity contribution in [3.8, 4) is 6.07 Å². The number of halogens is 1. The number of rotatable bonds is 0. The molecule has 14 heavy (non-hydrogen) atoms. The molecule has 0 bridgehead atoms. The average Bonchev–Trinajstić information content (AvgIpc) is 2.19. The number of nitrogens with zero attached hydrogens (tertiary/aromatic N) is 2. The van der Waals surface area contributed by atoms with Crippen LogP contribution in [0.5, 0.6) is 0 Å². The van der Waals surface area contributed by atoms with Crippen LogP contribution in [0.4, 0.5) is 10.1 Å². The summed E-state index contributed by atoms with van der Waals surface area (Å²) < 4.78 is 13.3. The second-order valence-corrected chi connectivity index (χ2v) is 2.84. The van der Waals surface area contributed by atoms with Crippen molar-refractivity contribution in [1.82, 2.24) is 4.98 Å². The Balaban J connectivity index is 2.92. The lowest BCUT2D eigenvalue weighted by atomic mass is 10.1. The summed E-state index contributed by atoms with van der Waals surface area (Å²) in [6.45, 7) is 0. The van der Waals surface area contributed by atoms with E-state index < -0.39 is 5.82 Å². The van der Waals surface area contributed by atoms with E-state index in [0.29, 0.717) is 11.1 Å². The zero-order chi connectivity index (χ0) is 10.1. The van der Waals surface area contributed by atoms with E-state index in [1.165, 1.54) is 12.1 Å². The fourth-order valence-corrected chi connectivity index (χ4v) is 1.30. The summed E-state index contributed by atoms with van der Waals surface area (Å²) in [6.07, 6.45) is 0. The molecule has 1 heterocycles. The highest BCUT2D eigenvalue weighted by atomic mass is 19.1. The van der Waals surface area contributed by atoms with Crippen LogP contribution < -0.4 is 5.73 Å². The van der Waals surface area contributed by atoms with Gasteiger partial charge in [0.25, 0.3) is 0 Å². The van der Waals surface area contributed by atoms with Gasteiger partial charge in [-0.25, -0.2) is 9.37 Å². The molecule has 3 nitrogen and oxygen atoms in total. The van der Waals surface area contributed by atoms with Crippen LogP contribution >= 0.6 is 0 Å². The molecule has 2 aromatic rings. The summed E-state index contributed by atoms with van der Waals surface area (Å²) >= 11 is 0. The van der Waals surface area contributed by atoms with Gasteiger partial charge in [-0.05, 0) is 12.1 Å². The van der Waals surface area contributed by atoms with Crippen LogP contribution in [-0.4, -0.2) is 4.98 Å². The van der Waals surface area contributed by atoms with Gasteiger partial charge in [-0.2, -0.15) is 5.26 Å². The van der Waals surface area contributed by atoms with Gasteiger partial charge < -0.3 is 5.73 Å². The molecule has 0 aliphatic carbocycles. The van der Waals surface area contributed by atoms with Crippen molar-refractivity contribution < 1.29 is 4.39 Å². The molecule has 1 aromatic carbocycles. The number of hydrogen-bond acceptors (Lipinski definition) is 3. The predicted molar refractivity (Wildman–Crippen MR) is 50.8 cm³/mol. The molecule has 0 saturated heterocycles. The predicted octanol–water partition coefficient (Wildman–Crippen LogP) is 1.83. The fraction of sp³-hybridized carbons (Fsp3) is 0. The zero-order valence-corrected chi connectivity index (χ0v) is 7.16. The van der Waals surface area contributed by atoms with Crippen LogP contribution in [0.2, 0.25) is 0 Å². The summed E-state index contributed by atoms with van der Waals surface area (Å²) in [7, 11) is 0. The van der Waals surface area contributed by atoms with Gasteiger partial charge in [0.15, 0.2) is 0 Å². The van der Waals surface area contributed by atoms with Crippen LogP contribution in [0.3, 0.4) is 0 Å². The van der Waals surface area contributed by atoms with Gasteiger partial charge in [0.1, 0.15) is 23.1 Å². The van der Waals surface area contributed by atoms with Crippen molar-refractivity contribution in [1.29, 1.82) is 5.26 Å². The lowest BCUT2D eigenvalue weighted by Gasteiger charge is -2.02. The van der Waals surface area contributed by atoms with Gasteiger partial charge in [-0.15, -0.1) is 0 Å². The molecule has 68 valence electrons. The molecule has 0 fully saturated rings. The molecule has 0 unspecified atom stereocenters. The minimum atomic E-state index is -0.466. The number of aromatic nitrogens is 1. The quantitative estimate of drug-likeness (QED) is 0.684. The number of para-hydroxylation sites is 1. The third-order valence-electron chi connectivity index (χ3n) is 1.94. The number of benzene rings is 1. The highest BCUT2D eigenvalue weighted by Gasteiger charge is 2.06. The molecular weight excluding hydrogens is 181 g/mol. The van der Waals surface area contributed by atoms with Crippen LogP contribution in [-0.2, 0) is 0 Å². The van der Waals surface area contributed by atoms with E-state index in [4.69, 9.17) is 11.0 Å². The van der Waals surface area contributed by atoms with E-state index in [0.717, 1.165) is 0 Å². The minimum absolute atomic E-state index is 0.125. The van der Waals surface area contributed by atoms with Crippen molar-refractivity contribution in [2.24, 2.45) is 0 Å². The molecule has 0 aliphatic rings. The maximum absolute atomic E-state index is 13.3. The van der Waals surface area contributed by atoms with Crippen molar-refractivity contribution in [3.05, 3.63) is 35.8 Å². The van der Waals surface area contributed by atoms with Crippen LogP contribution in [0.15, 0.2) is 24.3 Å². The standard InChI is InChI=1S/C10H6FN3/c11-8-3-1-2-7-9(13)4-6(5-12)14-10(7)8/h1-4H,(H2,13,14). The second kappa shape index (κ2) is 2.96. The monoisotopic (exact) mass is 187 g/mol. The molecule has 2 N–H and O–H groups in total. The SMILES string of the molecule is N#Cc1cc(N)c2cccc(F)c2n1. The number of fused-ring (bicyclic) bond motifs is 1. The molecule has 0 saturated carbocycles. The van der Waals surface area contributed by atoms with Crippen LogP contribution in [0.1, 0.15) is 5.69 Å². The smallest absolute Gasteiger partial charge is 0.149 e. The Hall–Kier alpha value is -2.15. The Bertz CT molecular complexity index is 543. The van der Waals surface area contributed by atoms with E-state index in [1.807, 2.05) is 6.07 Å². The fourth-order valence-electron chi connectivity index (χ4n) is 1.30. The number of nitrogens with two attached hydrogens (primary N) is 1. The van der Waals surface area contributed by atoms with Crippen LogP contribution in [0, 0.1) is 17.1 Å². The summed E-state index contributed by atoms with van der Waals surface area (Å²) in [6, 6.07) is 7.78. The molecule has 0 radical (unpaired) electrons. The third kappa shape index (κ3) is 1.15. The molecule has 0 aliphatic heterocycles. The van der Waals surface area contributed by atoms with Crippen molar-refractivity contribution in [2.45, 2.75) is 0 Å². The summed E-state index contributed by atoms with van der Waals surface area (Å²) in [4.78, 5) is 3.84. The summed E-state index contributed by atoms with van der Waals surface area (Å²) in [5.41, 5.74) is 6.28. The number of hydrogen-bond donors (Lipinski definition) is 1. The first-order valence-corrected chi connectivity index (χ1v) is 3.97. The Labute approximate surface area is 79.6 Å². The van der Waals surface area contributed by atoms with E-state index in [2.05, 4.69) is 4.98 Å². The highest BCUT2D eigenvalue weighted by Crippen LogP contribution is 2.22. The first-order valence-electron chi connectivity index (χ1n) is 3.97. The summed E-state index contributed by atoms with van der Waals surface area (Å²) in [5, 5.41) is 9.15. The largest absolute Gasteiger partial charge is 0.398 e. The first-order chi connectivity index (χ1) is 6.72. The number of nitriles is 1. The highest BCUT2D eigenvalue weighted by molar-refractivity contribution is 5.90. The first kappa shape index (κ1) is 8.45. The summed E-state index contributed by atoms with van der Waals surface area (Å²) in [5.74, 6) is -0.466. The van der Waals surface area contributed by atoms with E-state index in [9.17, 15) is 4.39 Å². The Kier molecular flexibility index (Phi) is 1.79. The van der Waals surface area contributed by atoms with Gasteiger partial charge in [-0.1, -0.05) is 12.1 Å². The molecule has 0 amide bonds. The molecule has 0 spiro atoms. The number of anilines is 1. The van der Waals surface area contributed by atoms with E-state index >= 15 is 0 Å². The van der Waals surface area contributed by atoms with Crippen molar-refractivity contribution >= 4 is 16.6 Å². The van der Waals surface area contributed by atoms with Crippen molar-refractivity contribution in [3.63, 3.8) is 0 Å². The lowest BCUT2D eigenvalue weighted by molar-refractivity contribution is 0.637. The molecule has 0 atom stereocenters. The van der Waals surface area contributed by atoms with Crippen molar-refractivity contribution in [2.75, 3.05) is 5.73 Å². The van der Waals surface area contributed by atoms with E-state index in [1.54, 1.807) is 12.1 Å². The Morgan fingerprint density at radius 1 is 1.43 bits per heavy atom. The zero-order valence-electron chi connectivity index (χ0n) is 7.16. The maximum Gasteiger partial charge on any atom is 0.149 e. The number of nitrogen functional groups attached to an aromatic ring is 1. The van der Waals surface area contributed by atoms with Gasteiger partial charge in [0.2, 0.25) is 0 Å².